The van der Waals surface area contributed by atoms with Gasteiger partial charge in [0.15, 0.2) is 0 Å². The number of nitrogens with one attached hydrogen (secondary N) is 1. The Morgan fingerprint density at radius 1 is 1.11 bits per heavy atom. The van der Waals surface area contributed by atoms with Gasteiger partial charge in [-0.3, -0.25) is 4.98 Å². The number of pyridine rings is 1. The lowest BCUT2D eigenvalue weighted by molar-refractivity contribution is 0.301. The van der Waals surface area contributed by atoms with Gasteiger partial charge in [0.05, 0.1) is 11.4 Å². The Balaban J connectivity index is 1.93. The second-order valence-corrected chi connectivity index (χ2v) is 5.06. The van der Waals surface area contributed by atoms with E-state index in [-0.39, 0.29) is 0 Å². The van der Waals surface area contributed by atoms with Crippen LogP contribution in [0.15, 0.2) is 46.9 Å². The fourth-order valence-electron chi connectivity index (χ4n) is 1.65. The number of nitrogens with zero attached hydrogens (tertiary/aromatic N) is 1. The van der Waals surface area contributed by atoms with E-state index in [2.05, 4.69) is 33.2 Å². The van der Waals surface area contributed by atoms with Crippen LogP contribution in [0.2, 0.25) is 0 Å². The summed E-state index contributed by atoms with van der Waals surface area (Å²) in [4.78, 5) is 4.55. The third kappa shape index (κ3) is 4.65. The molecule has 1 aromatic heterocycles. The van der Waals surface area contributed by atoms with Gasteiger partial charge in [0.25, 0.3) is 0 Å². The summed E-state index contributed by atoms with van der Waals surface area (Å²) in [6, 6.07) is 13.8. The van der Waals surface area contributed by atoms with Crippen LogP contribution in [-0.4, -0.2) is 11.5 Å². The number of hydrogen-bond donors (Lipinski definition) is 1. The summed E-state index contributed by atoms with van der Waals surface area (Å²) in [5.74, 6) is 0.849. The number of hydrogen-bond acceptors (Lipinski definition) is 3. The molecule has 3 nitrogen and oxygen atoms in total. The molecule has 2 aromatic rings. The molecular weight excluding hydrogens is 304 g/mol. The zero-order valence-electron chi connectivity index (χ0n) is 10.9. The van der Waals surface area contributed by atoms with Crippen LogP contribution in [0, 0.1) is 0 Å². The van der Waals surface area contributed by atoms with Crippen molar-refractivity contribution < 1.29 is 4.74 Å². The van der Waals surface area contributed by atoms with Crippen LogP contribution in [0.25, 0.3) is 0 Å². The summed E-state index contributed by atoms with van der Waals surface area (Å²) in [5.41, 5.74) is 1.98. The molecule has 0 aliphatic heterocycles. The number of benzene rings is 1. The van der Waals surface area contributed by atoms with Gasteiger partial charge in [-0.1, -0.05) is 28.9 Å². The second-order valence-electron chi connectivity index (χ2n) is 4.14. The van der Waals surface area contributed by atoms with Gasteiger partial charge in [-0.25, -0.2) is 0 Å². The van der Waals surface area contributed by atoms with Crippen molar-refractivity contribution in [3.05, 3.63) is 58.3 Å². The van der Waals surface area contributed by atoms with Gasteiger partial charge in [-0.2, -0.15) is 0 Å². The molecule has 2 rings (SSSR count). The molecule has 0 atom stereocenters. The Morgan fingerprint density at radius 2 is 1.84 bits per heavy atom. The van der Waals surface area contributed by atoms with Crippen LogP contribution in [0.3, 0.4) is 0 Å². The molecule has 0 aliphatic rings. The van der Waals surface area contributed by atoms with Gasteiger partial charge < -0.3 is 10.1 Å². The number of ether oxygens (including phenoxy) is 1. The maximum atomic E-state index is 5.70. The molecular formula is C15H17BrN2O. The second kappa shape index (κ2) is 7.26. The SMILES string of the molecule is CCNCc1cccc(COc2ccc(Br)cc2)n1. The Kier molecular flexibility index (Phi) is 5.36. The normalized spacial score (nSPS) is 10.4. The number of aromatic nitrogens is 1. The zero-order chi connectivity index (χ0) is 13.5. The number of rotatable bonds is 6. The first-order valence-electron chi connectivity index (χ1n) is 6.32. The molecule has 1 aromatic carbocycles. The smallest absolute Gasteiger partial charge is 0.130 e. The van der Waals surface area contributed by atoms with Crippen molar-refractivity contribution in [1.29, 1.82) is 0 Å². The fraction of sp³-hybridized carbons (Fsp3) is 0.267. The van der Waals surface area contributed by atoms with Crippen molar-refractivity contribution in [3.8, 4) is 5.75 Å². The van der Waals surface area contributed by atoms with E-state index >= 15 is 0 Å². The van der Waals surface area contributed by atoms with Crippen LogP contribution >= 0.6 is 15.9 Å². The van der Waals surface area contributed by atoms with Crippen LogP contribution in [0.4, 0.5) is 0 Å². The van der Waals surface area contributed by atoms with Gasteiger partial charge in [-0.15, -0.1) is 0 Å². The highest BCUT2D eigenvalue weighted by molar-refractivity contribution is 9.10. The molecule has 100 valence electrons. The molecule has 0 saturated carbocycles. The molecule has 1 N–H and O–H groups in total. The van der Waals surface area contributed by atoms with Crippen molar-refractivity contribution in [2.24, 2.45) is 0 Å². The molecule has 0 spiro atoms. The highest BCUT2D eigenvalue weighted by Gasteiger charge is 1.99. The van der Waals surface area contributed by atoms with E-state index in [1.54, 1.807) is 0 Å². The molecule has 19 heavy (non-hydrogen) atoms. The zero-order valence-corrected chi connectivity index (χ0v) is 12.5. The molecule has 0 bridgehead atoms. The predicted molar refractivity (Wildman–Crippen MR) is 80.1 cm³/mol. The molecule has 0 fully saturated rings. The maximum absolute atomic E-state index is 5.70. The summed E-state index contributed by atoms with van der Waals surface area (Å²) in [5, 5.41) is 3.26. The summed E-state index contributed by atoms with van der Waals surface area (Å²) in [6.45, 7) is 4.31. The Labute approximate surface area is 122 Å². The fourth-order valence-corrected chi connectivity index (χ4v) is 1.91. The number of halogens is 1. The van der Waals surface area contributed by atoms with E-state index in [0.717, 1.165) is 34.7 Å². The van der Waals surface area contributed by atoms with Crippen LogP contribution in [0.1, 0.15) is 18.3 Å². The third-order valence-corrected chi connectivity index (χ3v) is 3.15. The molecule has 1 heterocycles. The van der Waals surface area contributed by atoms with E-state index in [1.807, 2.05) is 42.5 Å². The highest BCUT2D eigenvalue weighted by atomic mass is 79.9. The minimum Gasteiger partial charge on any atom is -0.487 e. The molecule has 0 aliphatic carbocycles. The van der Waals surface area contributed by atoms with E-state index in [9.17, 15) is 0 Å². The Hall–Kier alpha value is -1.39. The Bertz CT molecular complexity index is 514. The summed E-state index contributed by atoms with van der Waals surface area (Å²) in [6.07, 6.45) is 0. The van der Waals surface area contributed by atoms with E-state index in [0.29, 0.717) is 6.61 Å². The average Bonchev–Trinajstić information content (AvgIpc) is 2.45. The van der Waals surface area contributed by atoms with Gasteiger partial charge in [-0.05, 0) is 42.9 Å². The molecule has 0 unspecified atom stereocenters. The molecule has 0 amide bonds. The van der Waals surface area contributed by atoms with Crippen molar-refractivity contribution in [3.63, 3.8) is 0 Å². The predicted octanol–water partition coefficient (Wildman–Crippen LogP) is 3.53. The minimum absolute atomic E-state index is 0.488. The maximum Gasteiger partial charge on any atom is 0.130 e. The lowest BCUT2D eigenvalue weighted by atomic mass is 10.3. The molecule has 4 heteroatoms. The average molecular weight is 321 g/mol. The largest absolute Gasteiger partial charge is 0.487 e. The highest BCUT2D eigenvalue weighted by Crippen LogP contribution is 2.17. The first-order valence-corrected chi connectivity index (χ1v) is 7.11. The lowest BCUT2D eigenvalue weighted by Crippen LogP contribution is -2.13. The van der Waals surface area contributed by atoms with Gasteiger partial charge in [0.1, 0.15) is 12.4 Å². The van der Waals surface area contributed by atoms with E-state index in [4.69, 9.17) is 4.74 Å². The first-order chi connectivity index (χ1) is 9.28. The summed E-state index contributed by atoms with van der Waals surface area (Å²) in [7, 11) is 0. The van der Waals surface area contributed by atoms with Crippen molar-refractivity contribution in [1.82, 2.24) is 10.3 Å². The topological polar surface area (TPSA) is 34.1 Å². The van der Waals surface area contributed by atoms with E-state index < -0.39 is 0 Å². The van der Waals surface area contributed by atoms with Gasteiger partial charge in [0.2, 0.25) is 0 Å². The van der Waals surface area contributed by atoms with Crippen LogP contribution < -0.4 is 10.1 Å². The van der Waals surface area contributed by atoms with Crippen molar-refractivity contribution in [2.75, 3.05) is 6.54 Å². The quantitative estimate of drug-likeness (QED) is 0.884. The molecule has 0 radical (unpaired) electrons. The Morgan fingerprint density at radius 3 is 2.58 bits per heavy atom. The lowest BCUT2D eigenvalue weighted by Gasteiger charge is -2.07. The van der Waals surface area contributed by atoms with Crippen molar-refractivity contribution >= 4 is 15.9 Å². The molecule has 0 saturated heterocycles. The van der Waals surface area contributed by atoms with Gasteiger partial charge in [0, 0.05) is 11.0 Å². The summed E-state index contributed by atoms with van der Waals surface area (Å²) >= 11 is 3.40. The summed E-state index contributed by atoms with van der Waals surface area (Å²) < 4.78 is 6.75. The minimum atomic E-state index is 0.488. The standard InChI is InChI=1S/C15H17BrN2O/c1-2-17-10-13-4-3-5-14(18-13)11-19-15-8-6-12(16)7-9-15/h3-9,17H,2,10-11H2,1H3. The van der Waals surface area contributed by atoms with Crippen LogP contribution in [-0.2, 0) is 13.2 Å². The van der Waals surface area contributed by atoms with Crippen molar-refractivity contribution in [2.45, 2.75) is 20.1 Å². The third-order valence-electron chi connectivity index (χ3n) is 2.62. The monoisotopic (exact) mass is 320 g/mol. The first kappa shape index (κ1) is 14.0. The van der Waals surface area contributed by atoms with Crippen LogP contribution in [0.5, 0.6) is 5.75 Å². The van der Waals surface area contributed by atoms with Gasteiger partial charge >= 0.3 is 0 Å². The van der Waals surface area contributed by atoms with E-state index in [1.165, 1.54) is 0 Å².